The first-order valence-electron chi connectivity index (χ1n) is 5.32. The third-order valence-electron chi connectivity index (χ3n) is 2.37. The molecule has 1 aromatic heterocycles. The molecule has 0 aliphatic carbocycles. The molecule has 0 saturated heterocycles. The highest BCUT2D eigenvalue weighted by atomic mass is 79.9. The van der Waals surface area contributed by atoms with Gasteiger partial charge in [0.15, 0.2) is 0 Å². The lowest BCUT2D eigenvalue weighted by Crippen LogP contribution is -2.01. The molecule has 1 aromatic carbocycles. The smallest absolute Gasteiger partial charge is 0.126 e. The number of pyridine rings is 1. The molecule has 0 unspecified atom stereocenters. The van der Waals surface area contributed by atoms with Crippen LogP contribution in [0.25, 0.3) is 0 Å². The molecule has 1 heterocycles. The predicted molar refractivity (Wildman–Crippen MR) is 71.6 cm³/mol. The van der Waals surface area contributed by atoms with Crippen LogP contribution in [0.1, 0.15) is 11.1 Å². The molecule has 3 nitrogen and oxygen atoms in total. The first-order valence-corrected chi connectivity index (χ1v) is 6.11. The first kappa shape index (κ1) is 12.1. The van der Waals surface area contributed by atoms with Gasteiger partial charge in [0.25, 0.3) is 0 Å². The molecule has 2 rings (SSSR count). The molecule has 0 bridgehead atoms. The van der Waals surface area contributed by atoms with Crippen LogP contribution >= 0.6 is 15.9 Å². The van der Waals surface area contributed by atoms with E-state index < -0.39 is 0 Å². The summed E-state index contributed by atoms with van der Waals surface area (Å²) >= 11 is 3.34. The van der Waals surface area contributed by atoms with Crippen LogP contribution in [0.15, 0.2) is 47.1 Å². The van der Waals surface area contributed by atoms with Crippen LogP contribution in [0.5, 0.6) is 0 Å². The van der Waals surface area contributed by atoms with E-state index in [2.05, 4.69) is 26.2 Å². The van der Waals surface area contributed by atoms with E-state index in [-0.39, 0.29) is 6.61 Å². The maximum atomic E-state index is 9.04. The SMILES string of the molecule is OCc1cccc(CNc2ccc(Br)cn2)c1. The maximum Gasteiger partial charge on any atom is 0.126 e. The number of hydrogen-bond donors (Lipinski definition) is 2. The number of benzene rings is 1. The van der Waals surface area contributed by atoms with Crippen LogP contribution in [-0.2, 0) is 13.2 Å². The summed E-state index contributed by atoms with van der Waals surface area (Å²) in [5, 5.41) is 12.3. The van der Waals surface area contributed by atoms with Crippen molar-refractivity contribution in [1.29, 1.82) is 0 Å². The summed E-state index contributed by atoms with van der Waals surface area (Å²) in [6.07, 6.45) is 1.76. The number of anilines is 1. The van der Waals surface area contributed by atoms with E-state index in [1.165, 1.54) is 0 Å². The van der Waals surface area contributed by atoms with E-state index in [0.29, 0.717) is 6.54 Å². The highest BCUT2D eigenvalue weighted by Crippen LogP contribution is 2.12. The zero-order chi connectivity index (χ0) is 12.1. The molecule has 88 valence electrons. The quantitative estimate of drug-likeness (QED) is 0.911. The average Bonchev–Trinajstić information content (AvgIpc) is 2.38. The normalized spacial score (nSPS) is 10.2. The molecule has 0 amide bonds. The Balaban J connectivity index is 1.99. The number of aliphatic hydroxyl groups excluding tert-OH is 1. The van der Waals surface area contributed by atoms with Crippen LogP contribution in [0.4, 0.5) is 5.82 Å². The number of hydrogen-bond acceptors (Lipinski definition) is 3. The van der Waals surface area contributed by atoms with Crippen LogP contribution in [0.3, 0.4) is 0 Å². The molecule has 4 heteroatoms. The number of rotatable bonds is 4. The second-order valence-electron chi connectivity index (χ2n) is 3.69. The predicted octanol–water partition coefficient (Wildman–Crippen LogP) is 2.95. The number of aromatic nitrogens is 1. The Morgan fingerprint density at radius 3 is 2.71 bits per heavy atom. The van der Waals surface area contributed by atoms with Crippen LogP contribution in [0, 0.1) is 0 Å². The third-order valence-corrected chi connectivity index (χ3v) is 2.84. The second kappa shape index (κ2) is 5.80. The molecule has 0 saturated carbocycles. The fourth-order valence-corrected chi connectivity index (χ4v) is 1.75. The highest BCUT2D eigenvalue weighted by Gasteiger charge is 1.97. The molecule has 0 aliphatic rings. The van der Waals surface area contributed by atoms with Crippen molar-refractivity contribution >= 4 is 21.7 Å². The lowest BCUT2D eigenvalue weighted by Gasteiger charge is -2.06. The Labute approximate surface area is 109 Å². The van der Waals surface area contributed by atoms with E-state index in [1.807, 2.05) is 36.4 Å². The standard InChI is InChI=1S/C13H13BrN2O/c14-12-4-5-13(16-8-12)15-7-10-2-1-3-11(6-10)9-17/h1-6,8,17H,7,9H2,(H,15,16). The number of nitrogens with one attached hydrogen (secondary N) is 1. The van der Waals surface area contributed by atoms with Gasteiger partial charge in [-0.05, 0) is 39.2 Å². The number of aliphatic hydroxyl groups is 1. The van der Waals surface area contributed by atoms with Crippen molar-refractivity contribution in [2.24, 2.45) is 0 Å². The van der Waals surface area contributed by atoms with Crippen molar-refractivity contribution in [3.8, 4) is 0 Å². The van der Waals surface area contributed by atoms with Gasteiger partial charge < -0.3 is 10.4 Å². The van der Waals surface area contributed by atoms with E-state index in [9.17, 15) is 0 Å². The summed E-state index contributed by atoms with van der Waals surface area (Å²) < 4.78 is 0.963. The molecular weight excluding hydrogens is 280 g/mol. The van der Waals surface area contributed by atoms with E-state index >= 15 is 0 Å². The van der Waals surface area contributed by atoms with Crippen molar-refractivity contribution in [2.75, 3.05) is 5.32 Å². The van der Waals surface area contributed by atoms with Gasteiger partial charge in [0.1, 0.15) is 5.82 Å². The Bertz CT molecular complexity index is 485. The summed E-state index contributed by atoms with van der Waals surface area (Å²) in [6, 6.07) is 11.7. The molecule has 2 N–H and O–H groups in total. The molecule has 0 spiro atoms. The van der Waals surface area contributed by atoms with Gasteiger partial charge in [-0.3, -0.25) is 0 Å². The summed E-state index contributed by atoms with van der Waals surface area (Å²) in [5.74, 6) is 0.836. The Kier molecular flexibility index (Phi) is 4.12. The van der Waals surface area contributed by atoms with Crippen molar-refractivity contribution in [3.63, 3.8) is 0 Å². The molecule has 17 heavy (non-hydrogen) atoms. The van der Waals surface area contributed by atoms with Crippen molar-refractivity contribution in [3.05, 3.63) is 58.2 Å². The van der Waals surface area contributed by atoms with Gasteiger partial charge in [-0.25, -0.2) is 4.98 Å². The molecule has 0 atom stereocenters. The van der Waals surface area contributed by atoms with Gasteiger partial charge in [-0.15, -0.1) is 0 Å². The topological polar surface area (TPSA) is 45.1 Å². The van der Waals surface area contributed by atoms with Gasteiger partial charge in [-0.2, -0.15) is 0 Å². The van der Waals surface area contributed by atoms with Crippen LogP contribution < -0.4 is 5.32 Å². The summed E-state index contributed by atoms with van der Waals surface area (Å²) in [4.78, 5) is 4.23. The molecule has 0 fully saturated rings. The van der Waals surface area contributed by atoms with Gasteiger partial charge >= 0.3 is 0 Å². The fourth-order valence-electron chi connectivity index (χ4n) is 1.51. The minimum Gasteiger partial charge on any atom is -0.392 e. The molecule has 2 aromatic rings. The lowest BCUT2D eigenvalue weighted by atomic mass is 10.1. The van der Waals surface area contributed by atoms with E-state index in [0.717, 1.165) is 21.4 Å². The Morgan fingerprint density at radius 1 is 1.18 bits per heavy atom. The van der Waals surface area contributed by atoms with Gasteiger partial charge in [-0.1, -0.05) is 24.3 Å². The Hall–Kier alpha value is -1.39. The third kappa shape index (κ3) is 3.54. The maximum absolute atomic E-state index is 9.04. The summed E-state index contributed by atoms with van der Waals surface area (Å²) in [5.41, 5.74) is 2.05. The first-order chi connectivity index (χ1) is 8.28. The van der Waals surface area contributed by atoms with Gasteiger partial charge in [0.2, 0.25) is 0 Å². The number of nitrogens with zero attached hydrogens (tertiary/aromatic N) is 1. The highest BCUT2D eigenvalue weighted by molar-refractivity contribution is 9.10. The fraction of sp³-hybridized carbons (Fsp3) is 0.154. The van der Waals surface area contributed by atoms with Gasteiger partial charge in [0, 0.05) is 17.2 Å². The summed E-state index contributed by atoms with van der Waals surface area (Å²) in [7, 11) is 0. The Morgan fingerprint density at radius 2 is 2.00 bits per heavy atom. The number of halogens is 1. The molecule has 0 radical (unpaired) electrons. The van der Waals surface area contributed by atoms with Crippen molar-refractivity contribution < 1.29 is 5.11 Å². The van der Waals surface area contributed by atoms with E-state index in [1.54, 1.807) is 6.20 Å². The van der Waals surface area contributed by atoms with Gasteiger partial charge in [0.05, 0.1) is 6.61 Å². The van der Waals surface area contributed by atoms with Crippen molar-refractivity contribution in [1.82, 2.24) is 4.98 Å². The monoisotopic (exact) mass is 292 g/mol. The zero-order valence-corrected chi connectivity index (χ0v) is 10.8. The van der Waals surface area contributed by atoms with Crippen molar-refractivity contribution in [2.45, 2.75) is 13.2 Å². The summed E-state index contributed by atoms with van der Waals surface area (Å²) in [6.45, 7) is 0.771. The van der Waals surface area contributed by atoms with E-state index in [4.69, 9.17) is 5.11 Å². The second-order valence-corrected chi connectivity index (χ2v) is 4.61. The lowest BCUT2D eigenvalue weighted by molar-refractivity contribution is 0.281. The van der Waals surface area contributed by atoms with Crippen LogP contribution in [-0.4, -0.2) is 10.1 Å². The zero-order valence-electron chi connectivity index (χ0n) is 9.23. The largest absolute Gasteiger partial charge is 0.392 e. The molecular formula is C13H13BrN2O. The minimum absolute atomic E-state index is 0.0738. The average molecular weight is 293 g/mol. The minimum atomic E-state index is 0.0738. The van der Waals surface area contributed by atoms with Crippen LogP contribution in [0.2, 0.25) is 0 Å². The molecule has 0 aliphatic heterocycles.